The van der Waals surface area contributed by atoms with E-state index in [2.05, 4.69) is 32.1 Å². The minimum atomic E-state index is -0.400. The van der Waals surface area contributed by atoms with Gasteiger partial charge in [0.15, 0.2) is 0 Å². The Morgan fingerprint density at radius 2 is 1.59 bits per heavy atom. The topological polar surface area (TPSA) is 87.3 Å². The lowest BCUT2D eigenvalue weighted by Crippen LogP contribution is -2.41. The Bertz CT molecular complexity index is 711. The lowest BCUT2D eigenvalue weighted by molar-refractivity contribution is -0.119. The largest absolute Gasteiger partial charge is 0.351 e. The quantitative estimate of drug-likeness (QED) is 0.686. The number of amides is 3. The van der Waals surface area contributed by atoms with Crippen LogP contribution in [0.1, 0.15) is 31.1 Å². The average Bonchev–Trinajstić information content (AvgIpc) is 3.11. The van der Waals surface area contributed by atoms with Crippen LogP contribution in [0.4, 0.5) is 0 Å². The van der Waals surface area contributed by atoms with E-state index in [9.17, 15) is 14.4 Å². The molecule has 0 aliphatic carbocycles. The highest BCUT2D eigenvalue weighted by atomic mass is 79.9. The molecule has 0 aliphatic heterocycles. The fourth-order valence-corrected chi connectivity index (χ4v) is 3.60. The monoisotopic (exact) mass is 401 g/mol. The Kier molecular flexibility index (Phi) is 5.69. The number of hydrogen-bond acceptors (Lipinski definition) is 5. The van der Waals surface area contributed by atoms with Gasteiger partial charge in [-0.3, -0.25) is 25.2 Å². The summed E-state index contributed by atoms with van der Waals surface area (Å²) in [6, 6.07) is 6.82. The smallest absolute Gasteiger partial charge is 0.279 e. The van der Waals surface area contributed by atoms with Crippen LogP contribution in [0.3, 0.4) is 0 Å². The van der Waals surface area contributed by atoms with Crippen molar-refractivity contribution in [3.8, 4) is 0 Å². The summed E-state index contributed by atoms with van der Waals surface area (Å²) in [7, 11) is 0. The number of thiophene rings is 2. The zero-order valence-electron chi connectivity index (χ0n) is 11.4. The van der Waals surface area contributed by atoms with E-state index in [0.29, 0.717) is 16.3 Å². The average molecular weight is 402 g/mol. The first-order valence-corrected chi connectivity index (χ1v) is 8.57. The Balaban J connectivity index is 1.87. The van der Waals surface area contributed by atoms with Crippen molar-refractivity contribution in [1.82, 2.24) is 16.2 Å². The van der Waals surface area contributed by atoms with Gasteiger partial charge in [-0.05, 0) is 40.2 Å². The first-order valence-electron chi connectivity index (χ1n) is 6.15. The van der Waals surface area contributed by atoms with Crippen molar-refractivity contribution in [2.45, 2.75) is 13.5 Å². The fraction of sp³-hybridized carbons (Fsp3) is 0.154. The molecule has 0 radical (unpaired) electrons. The zero-order valence-corrected chi connectivity index (χ0v) is 14.7. The van der Waals surface area contributed by atoms with Crippen LogP contribution < -0.4 is 16.2 Å². The van der Waals surface area contributed by atoms with E-state index in [0.717, 1.165) is 8.66 Å². The molecule has 0 saturated carbocycles. The van der Waals surface area contributed by atoms with E-state index in [4.69, 9.17) is 0 Å². The van der Waals surface area contributed by atoms with Crippen LogP contribution in [0.15, 0.2) is 28.1 Å². The highest BCUT2D eigenvalue weighted by Gasteiger charge is 2.12. The summed E-state index contributed by atoms with van der Waals surface area (Å²) in [4.78, 5) is 36.4. The number of carbonyl (C=O) groups excluding carboxylic acids is 3. The van der Waals surface area contributed by atoms with Gasteiger partial charge in [-0.2, -0.15) is 0 Å². The van der Waals surface area contributed by atoms with E-state index in [1.54, 1.807) is 24.3 Å². The summed E-state index contributed by atoms with van der Waals surface area (Å²) < 4.78 is 0.838. The van der Waals surface area contributed by atoms with Crippen LogP contribution in [0, 0.1) is 0 Å². The Morgan fingerprint density at radius 1 is 1.00 bits per heavy atom. The van der Waals surface area contributed by atoms with Crippen LogP contribution in [-0.4, -0.2) is 17.7 Å². The molecule has 9 heteroatoms. The molecule has 0 atom stereocenters. The molecule has 0 aliphatic rings. The number of nitrogens with one attached hydrogen (secondary N) is 3. The fourth-order valence-electron chi connectivity index (χ4n) is 1.48. The molecular weight excluding hydrogens is 390 g/mol. The lowest BCUT2D eigenvalue weighted by atomic mass is 10.4. The molecule has 0 unspecified atom stereocenters. The van der Waals surface area contributed by atoms with Gasteiger partial charge in [0, 0.05) is 11.8 Å². The third-order valence-corrected chi connectivity index (χ3v) is 5.19. The molecular formula is C13H12BrN3O3S2. The first-order chi connectivity index (χ1) is 10.5. The minimum absolute atomic E-state index is 0.131. The highest BCUT2D eigenvalue weighted by Crippen LogP contribution is 2.21. The summed E-state index contributed by atoms with van der Waals surface area (Å²) in [5.74, 6) is -0.907. The van der Waals surface area contributed by atoms with Crippen LogP contribution in [0.2, 0.25) is 0 Å². The number of carbonyl (C=O) groups is 3. The van der Waals surface area contributed by atoms with Crippen LogP contribution in [0.25, 0.3) is 0 Å². The Hall–Kier alpha value is -1.71. The second kappa shape index (κ2) is 7.52. The second-order valence-corrected chi connectivity index (χ2v) is 7.82. The van der Waals surface area contributed by atoms with Crippen molar-refractivity contribution in [3.63, 3.8) is 0 Å². The lowest BCUT2D eigenvalue weighted by Gasteiger charge is -2.04. The summed E-state index contributed by atoms with van der Waals surface area (Å²) in [5, 5.41) is 2.66. The highest BCUT2D eigenvalue weighted by molar-refractivity contribution is 9.11. The summed E-state index contributed by atoms with van der Waals surface area (Å²) in [6.45, 7) is 1.81. The minimum Gasteiger partial charge on any atom is -0.351 e. The third kappa shape index (κ3) is 4.65. The van der Waals surface area contributed by atoms with E-state index in [1.165, 1.54) is 29.6 Å². The van der Waals surface area contributed by atoms with Gasteiger partial charge in [-0.15, -0.1) is 22.7 Å². The van der Waals surface area contributed by atoms with Gasteiger partial charge in [-0.1, -0.05) is 0 Å². The van der Waals surface area contributed by atoms with Crippen molar-refractivity contribution in [3.05, 3.63) is 42.7 Å². The molecule has 2 rings (SSSR count). The summed E-state index contributed by atoms with van der Waals surface area (Å²) in [5.41, 5.74) is 4.72. The molecule has 3 amide bonds. The van der Waals surface area contributed by atoms with Gasteiger partial charge in [0.2, 0.25) is 5.91 Å². The molecule has 2 heterocycles. The van der Waals surface area contributed by atoms with Crippen LogP contribution >= 0.6 is 38.6 Å². The van der Waals surface area contributed by atoms with Crippen LogP contribution in [-0.2, 0) is 11.3 Å². The predicted octanol–water partition coefficient (Wildman–Crippen LogP) is 2.28. The molecule has 0 saturated heterocycles. The molecule has 3 N–H and O–H groups in total. The first kappa shape index (κ1) is 16.7. The maximum Gasteiger partial charge on any atom is 0.279 e. The van der Waals surface area contributed by atoms with E-state index in [-0.39, 0.29) is 11.8 Å². The number of rotatable bonds is 4. The van der Waals surface area contributed by atoms with E-state index in [1.807, 2.05) is 0 Å². The third-order valence-electron chi connectivity index (χ3n) is 2.48. The number of hydrazine groups is 1. The molecule has 0 spiro atoms. The molecule has 22 heavy (non-hydrogen) atoms. The predicted molar refractivity (Wildman–Crippen MR) is 88.8 cm³/mol. The maximum atomic E-state index is 11.9. The molecule has 2 aromatic heterocycles. The molecule has 0 bridgehead atoms. The Morgan fingerprint density at radius 3 is 2.14 bits per heavy atom. The molecule has 6 nitrogen and oxygen atoms in total. The Labute approximate surface area is 143 Å². The van der Waals surface area contributed by atoms with Crippen molar-refractivity contribution >= 4 is 56.3 Å². The number of hydrogen-bond donors (Lipinski definition) is 3. The van der Waals surface area contributed by atoms with E-state index >= 15 is 0 Å². The maximum absolute atomic E-state index is 11.9. The molecule has 0 fully saturated rings. The molecule has 116 valence electrons. The normalized spacial score (nSPS) is 10.1. The standard InChI is InChI=1S/C13H12BrN3O3S2/c1-7(18)15-6-8-2-3-9(21-8)12(19)16-17-13(20)10-4-5-11(14)22-10/h2-5H,6H2,1H3,(H,15,18)(H,16,19)(H,17,20). The molecule has 2 aromatic rings. The van der Waals surface area contributed by atoms with Crippen LogP contribution in [0.5, 0.6) is 0 Å². The van der Waals surface area contributed by atoms with Gasteiger partial charge in [0.25, 0.3) is 11.8 Å². The SMILES string of the molecule is CC(=O)NCc1ccc(C(=O)NNC(=O)c2ccc(Br)s2)s1. The number of halogens is 1. The van der Waals surface area contributed by atoms with Crippen molar-refractivity contribution in [2.24, 2.45) is 0 Å². The summed E-state index contributed by atoms with van der Waals surface area (Å²) >= 11 is 5.79. The van der Waals surface area contributed by atoms with Gasteiger partial charge < -0.3 is 5.32 Å². The van der Waals surface area contributed by atoms with Gasteiger partial charge >= 0.3 is 0 Å². The van der Waals surface area contributed by atoms with Gasteiger partial charge in [0.1, 0.15) is 0 Å². The zero-order chi connectivity index (χ0) is 16.1. The summed E-state index contributed by atoms with van der Waals surface area (Å²) in [6.07, 6.45) is 0. The van der Waals surface area contributed by atoms with Crippen molar-refractivity contribution in [2.75, 3.05) is 0 Å². The molecule has 0 aromatic carbocycles. The van der Waals surface area contributed by atoms with Gasteiger partial charge in [-0.25, -0.2) is 0 Å². The van der Waals surface area contributed by atoms with Crippen molar-refractivity contribution < 1.29 is 14.4 Å². The second-order valence-electron chi connectivity index (χ2n) is 4.19. The van der Waals surface area contributed by atoms with Crippen molar-refractivity contribution in [1.29, 1.82) is 0 Å². The van der Waals surface area contributed by atoms with E-state index < -0.39 is 5.91 Å². The van der Waals surface area contributed by atoms with Gasteiger partial charge in [0.05, 0.1) is 20.1 Å².